The lowest BCUT2D eigenvalue weighted by molar-refractivity contribution is 0.186. The maximum Gasteiger partial charge on any atom is 0.194 e. The summed E-state index contributed by atoms with van der Waals surface area (Å²) >= 11 is 0. The average molecular weight is 377 g/mol. The van der Waals surface area contributed by atoms with Crippen LogP contribution in [0.1, 0.15) is 38.9 Å². The number of aliphatic hydroxyl groups excluding tert-OH is 1. The zero-order chi connectivity index (χ0) is 19.6. The summed E-state index contributed by atoms with van der Waals surface area (Å²) in [7, 11) is 1.64. The molecule has 0 radical (unpaired) electrons. The maximum atomic E-state index is 10.5. The van der Waals surface area contributed by atoms with Gasteiger partial charge in [-0.2, -0.15) is 0 Å². The highest BCUT2D eigenvalue weighted by molar-refractivity contribution is 5.80. The van der Waals surface area contributed by atoms with Gasteiger partial charge in [-0.15, -0.1) is 0 Å². The minimum absolute atomic E-state index is 0.353. The fraction of sp³-hybridized carbons (Fsp3) is 0.667. The molecule has 1 saturated heterocycles. The van der Waals surface area contributed by atoms with Gasteiger partial charge < -0.3 is 25.0 Å². The van der Waals surface area contributed by atoms with Crippen molar-refractivity contribution in [3.63, 3.8) is 0 Å². The van der Waals surface area contributed by atoms with Crippen molar-refractivity contribution in [3.8, 4) is 5.75 Å². The Labute approximate surface area is 164 Å². The van der Waals surface area contributed by atoms with Gasteiger partial charge in [-0.25, -0.2) is 0 Å². The van der Waals surface area contributed by atoms with Gasteiger partial charge in [0.25, 0.3) is 0 Å². The predicted molar refractivity (Wildman–Crippen MR) is 111 cm³/mol. The first kappa shape index (κ1) is 21.5. The fourth-order valence-corrected chi connectivity index (χ4v) is 3.55. The molecule has 152 valence electrons. The molecule has 0 aromatic heterocycles. The number of methoxy groups -OCH3 is 1. The molecule has 2 atom stereocenters. The molecule has 0 saturated carbocycles. The zero-order valence-corrected chi connectivity index (χ0v) is 17.3. The lowest BCUT2D eigenvalue weighted by Crippen LogP contribution is -2.41. The smallest absolute Gasteiger partial charge is 0.194 e. The number of nitrogens with one attached hydrogen (secondary N) is 1. The van der Waals surface area contributed by atoms with Gasteiger partial charge >= 0.3 is 0 Å². The second kappa shape index (κ2) is 11.1. The van der Waals surface area contributed by atoms with Gasteiger partial charge in [0.15, 0.2) is 5.96 Å². The number of rotatable bonds is 9. The number of benzene rings is 1. The molecule has 2 unspecified atom stereocenters. The summed E-state index contributed by atoms with van der Waals surface area (Å²) in [5.41, 5.74) is 0.858. The quantitative estimate of drug-likeness (QED) is 0.512. The van der Waals surface area contributed by atoms with Crippen molar-refractivity contribution in [1.29, 1.82) is 0 Å². The van der Waals surface area contributed by atoms with Crippen molar-refractivity contribution in [2.75, 3.05) is 52.9 Å². The van der Waals surface area contributed by atoms with E-state index in [1.54, 1.807) is 7.11 Å². The monoisotopic (exact) mass is 376 g/mol. The van der Waals surface area contributed by atoms with E-state index >= 15 is 0 Å². The molecule has 0 spiro atoms. The maximum absolute atomic E-state index is 10.5. The summed E-state index contributed by atoms with van der Waals surface area (Å²) in [6.45, 7) is 13.1. The molecule has 1 heterocycles. The normalized spacial score (nSPS) is 18.8. The van der Waals surface area contributed by atoms with Crippen LogP contribution in [0.2, 0.25) is 0 Å². The Bertz CT molecular complexity index is 572. The van der Waals surface area contributed by atoms with Crippen molar-refractivity contribution in [2.24, 2.45) is 10.9 Å². The van der Waals surface area contributed by atoms with Crippen LogP contribution >= 0.6 is 0 Å². The Morgan fingerprint density at radius 2 is 2.00 bits per heavy atom. The van der Waals surface area contributed by atoms with Crippen LogP contribution in [0.5, 0.6) is 5.75 Å². The predicted octanol–water partition coefficient (Wildman–Crippen LogP) is 2.36. The molecule has 2 rings (SSSR count). The first-order chi connectivity index (χ1) is 13.1. The van der Waals surface area contributed by atoms with Crippen LogP contribution in [0.15, 0.2) is 29.3 Å². The van der Waals surface area contributed by atoms with Gasteiger partial charge in [0.05, 0.1) is 19.8 Å². The van der Waals surface area contributed by atoms with Gasteiger partial charge in [0.1, 0.15) is 5.75 Å². The van der Waals surface area contributed by atoms with Crippen LogP contribution in [0.25, 0.3) is 0 Å². The third-order valence-corrected chi connectivity index (χ3v) is 5.25. The van der Waals surface area contributed by atoms with Crippen molar-refractivity contribution in [1.82, 2.24) is 15.1 Å². The largest absolute Gasteiger partial charge is 0.497 e. The molecule has 0 amide bonds. The van der Waals surface area contributed by atoms with E-state index in [2.05, 4.69) is 35.9 Å². The summed E-state index contributed by atoms with van der Waals surface area (Å²) in [5.74, 6) is 2.38. The topological polar surface area (TPSA) is 60.3 Å². The highest BCUT2D eigenvalue weighted by Crippen LogP contribution is 2.20. The van der Waals surface area contributed by atoms with Gasteiger partial charge in [-0.1, -0.05) is 26.0 Å². The van der Waals surface area contributed by atoms with Crippen LogP contribution in [-0.2, 0) is 0 Å². The summed E-state index contributed by atoms with van der Waals surface area (Å²) in [5, 5.41) is 13.9. The van der Waals surface area contributed by atoms with Crippen molar-refractivity contribution in [2.45, 2.75) is 33.3 Å². The number of hydrogen-bond donors (Lipinski definition) is 2. The summed E-state index contributed by atoms with van der Waals surface area (Å²) in [4.78, 5) is 9.53. The molecule has 1 aliphatic rings. The fourth-order valence-electron chi connectivity index (χ4n) is 3.55. The van der Waals surface area contributed by atoms with Crippen LogP contribution in [0, 0.1) is 5.92 Å². The molecule has 0 bridgehead atoms. The Morgan fingerprint density at radius 1 is 1.30 bits per heavy atom. The number of aliphatic imine (C=N–C) groups is 1. The third kappa shape index (κ3) is 6.40. The van der Waals surface area contributed by atoms with E-state index in [0.717, 1.165) is 56.5 Å². The van der Waals surface area contributed by atoms with Crippen LogP contribution in [0.4, 0.5) is 0 Å². The summed E-state index contributed by atoms with van der Waals surface area (Å²) < 4.78 is 5.17. The third-order valence-electron chi connectivity index (χ3n) is 5.25. The molecule has 2 N–H and O–H groups in total. The molecule has 1 aromatic rings. The second-order valence-electron chi connectivity index (χ2n) is 7.07. The number of aliphatic hydroxyl groups is 1. The Kier molecular flexibility index (Phi) is 8.88. The van der Waals surface area contributed by atoms with E-state index < -0.39 is 6.10 Å². The summed E-state index contributed by atoms with van der Waals surface area (Å²) in [6.07, 6.45) is 0.584. The lowest BCUT2D eigenvalue weighted by atomic mass is 10.1. The first-order valence-corrected chi connectivity index (χ1v) is 10.2. The highest BCUT2D eigenvalue weighted by atomic mass is 16.5. The average Bonchev–Trinajstić information content (AvgIpc) is 3.17. The lowest BCUT2D eigenvalue weighted by Gasteiger charge is -2.24. The van der Waals surface area contributed by atoms with Crippen molar-refractivity contribution < 1.29 is 9.84 Å². The highest BCUT2D eigenvalue weighted by Gasteiger charge is 2.26. The van der Waals surface area contributed by atoms with Gasteiger partial charge in [-0.05, 0) is 50.0 Å². The molecule has 6 nitrogen and oxygen atoms in total. The van der Waals surface area contributed by atoms with Gasteiger partial charge in [0, 0.05) is 26.2 Å². The van der Waals surface area contributed by atoms with Crippen molar-refractivity contribution in [3.05, 3.63) is 29.8 Å². The van der Waals surface area contributed by atoms with Crippen LogP contribution in [0.3, 0.4) is 0 Å². The van der Waals surface area contributed by atoms with E-state index in [1.165, 1.54) is 6.42 Å². The number of likely N-dealkylation sites (tertiary alicyclic amines) is 1. The molecule has 1 aliphatic heterocycles. The first-order valence-electron chi connectivity index (χ1n) is 10.2. The van der Waals surface area contributed by atoms with E-state index in [0.29, 0.717) is 12.5 Å². The standard InChI is InChI=1S/C21H36N4O2/c1-5-22-21(25-13-12-17(16-25)15-24(6-2)7-3)23-14-20(26)18-8-10-19(27-4)11-9-18/h8-11,17,20,26H,5-7,12-16H2,1-4H3,(H,22,23). The number of guanidine groups is 1. The minimum atomic E-state index is -0.612. The van der Waals surface area contributed by atoms with Gasteiger partial charge in [0.2, 0.25) is 0 Å². The van der Waals surface area contributed by atoms with Crippen LogP contribution in [-0.4, -0.2) is 73.8 Å². The number of nitrogens with zero attached hydrogens (tertiary/aromatic N) is 3. The van der Waals surface area contributed by atoms with Crippen molar-refractivity contribution >= 4 is 5.96 Å². The molecule has 6 heteroatoms. The van der Waals surface area contributed by atoms with E-state index in [4.69, 9.17) is 9.73 Å². The SMILES string of the molecule is CCNC(=NCC(O)c1ccc(OC)cc1)N1CCC(CN(CC)CC)C1. The Balaban J connectivity index is 1.95. The zero-order valence-electron chi connectivity index (χ0n) is 17.3. The molecule has 0 aliphatic carbocycles. The van der Waals surface area contributed by atoms with Crippen LogP contribution < -0.4 is 10.1 Å². The van der Waals surface area contributed by atoms with E-state index in [9.17, 15) is 5.11 Å². The Morgan fingerprint density at radius 3 is 2.59 bits per heavy atom. The number of hydrogen-bond acceptors (Lipinski definition) is 4. The molecular weight excluding hydrogens is 340 g/mol. The molecule has 27 heavy (non-hydrogen) atoms. The number of ether oxygens (including phenoxy) is 1. The molecule has 1 fully saturated rings. The molecular formula is C21H36N4O2. The summed E-state index contributed by atoms with van der Waals surface area (Å²) in [6, 6.07) is 7.52. The molecule has 1 aromatic carbocycles. The van der Waals surface area contributed by atoms with E-state index in [-0.39, 0.29) is 0 Å². The minimum Gasteiger partial charge on any atom is -0.497 e. The van der Waals surface area contributed by atoms with E-state index in [1.807, 2.05) is 24.3 Å². The van der Waals surface area contributed by atoms with Gasteiger partial charge in [-0.3, -0.25) is 4.99 Å². The Hall–Kier alpha value is -1.79. The second-order valence-corrected chi connectivity index (χ2v) is 7.07.